The molecule has 0 spiro atoms. The van der Waals surface area contributed by atoms with Crippen LogP contribution in [-0.4, -0.2) is 24.5 Å². The molecule has 31 heavy (non-hydrogen) atoms. The van der Waals surface area contributed by atoms with Crippen molar-refractivity contribution < 1.29 is 22.6 Å². The minimum atomic E-state index is -4.75. The molecule has 1 aliphatic carbocycles. The number of nitrogens with one attached hydrogen (secondary N) is 1. The van der Waals surface area contributed by atoms with Gasteiger partial charge in [-0.3, -0.25) is 14.1 Å². The molecule has 4 rings (SSSR count). The fourth-order valence-electron chi connectivity index (χ4n) is 3.87. The summed E-state index contributed by atoms with van der Waals surface area (Å²) < 4.78 is 33.7. The molecule has 3 aromatic carbocycles. The summed E-state index contributed by atoms with van der Waals surface area (Å²) in [4.78, 5) is 25.9. The molecule has 0 saturated heterocycles. The van der Waals surface area contributed by atoms with Crippen molar-refractivity contribution in [3.8, 4) is 0 Å². The van der Waals surface area contributed by atoms with Crippen LogP contribution in [0.4, 0.5) is 17.1 Å². The van der Waals surface area contributed by atoms with Crippen LogP contribution in [0.25, 0.3) is 0 Å². The summed E-state index contributed by atoms with van der Waals surface area (Å²) in [5.41, 5.74) is 9.39. The summed E-state index contributed by atoms with van der Waals surface area (Å²) >= 11 is 0. The second-order valence-corrected chi connectivity index (χ2v) is 9.01. The van der Waals surface area contributed by atoms with Crippen molar-refractivity contribution in [3.63, 3.8) is 0 Å². The van der Waals surface area contributed by atoms with Crippen LogP contribution in [0.1, 0.15) is 48.5 Å². The SMILES string of the molecule is Cc1cc(Nc2cc(S(=O)(=O)O)c(N)c3c2C(=O)c2ccccc2C3=O)cc(C)c1C. The highest BCUT2D eigenvalue weighted by Crippen LogP contribution is 2.40. The van der Waals surface area contributed by atoms with E-state index in [1.165, 1.54) is 12.1 Å². The first-order chi connectivity index (χ1) is 14.5. The van der Waals surface area contributed by atoms with Crippen LogP contribution in [0.3, 0.4) is 0 Å². The fourth-order valence-corrected chi connectivity index (χ4v) is 4.52. The van der Waals surface area contributed by atoms with E-state index in [-0.39, 0.29) is 27.9 Å². The molecule has 1 aliphatic rings. The number of anilines is 3. The zero-order valence-corrected chi connectivity index (χ0v) is 17.9. The lowest BCUT2D eigenvalue weighted by Gasteiger charge is -2.24. The normalized spacial score (nSPS) is 13.0. The van der Waals surface area contributed by atoms with E-state index in [9.17, 15) is 22.6 Å². The summed E-state index contributed by atoms with van der Waals surface area (Å²) in [7, 11) is -4.75. The molecular weight excluding hydrogens is 416 g/mol. The number of aryl methyl sites for hydroxylation is 2. The summed E-state index contributed by atoms with van der Waals surface area (Å²) in [6, 6.07) is 11.1. The summed E-state index contributed by atoms with van der Waals surface area (Å²) in [6.45, 7) is 5.84. The lowest BCUT2D eigenvalue weighted by molar-refractivity contribution is 0.0980. The minimum absolute atomic E-state index is 0.0236. The number of ketones is 2. The molecule has 8 heteroatoms. The van der Waals surface area contributed by atoms with Crippen molar-refractivity contribution in [1.82, 2.24) is 0 Å². The Kier molecular flexibility index (Phi) is 4.72. The molecule has 0 aliphatic heterocycles. The lowest BCUT2D eigenvalue weighted by atomic mass is 9.82. The number of carbonyl (C=O) groups excluding carboxylic acids is 2. The average Bonchev–Trinajstić information content (AvgIpc) is 2.70. The van der Waals surface area contributed by atoms with Gasteiger partial charge in [0.2, 0.25) is 0 Å². The van der Waals surface area contributed by atoms with Gasteiger partial charge in [-0.25, -0.2) is 0 Å². The monoisotopic (exact) mass is 436 g/mol. The van der Waals surface area contributed by atoms with Gasteiger partial charge in [-0.2, -0.15) is 8.42 Å². The Morgan fingerprint density at radius 2 is 1.39 bits per heavy atom. The largest absolute Gasteiger partial charge is 0.397 e. The number of nitrogen functional groups attached to an aromatic ring is 1. The van der Waals surface area contributed by atoms with Gasteiger partial charge in [-0.1, -0.05) is 24.3 Å². The van der Waals surface area contributed by atoms with Crippen LogP contribution < -0.4 is 11.1 Å². The highest BCUT2D eigenvalue weighted by molar-refractivity contribution is 7.86. The lowest BCUT2D eigenvalue weighted by Crippen LogP contribution is -2.25. The summed E-state index contributed by atoms with van der Waals surface area (Å²) in [6.07, 6.45) is 0. The molecule has 0 unspecified atom stereocenters. The van der Waals surface area contributed by atoms with Gasteiger partial charge in [0.25, 0.3) is 10.1 Å². The molecule has 0 atom stereocenters. The molecule has 0 heterocycles. The van der Waals surface area contributed by atoms with Gasteiger partial charge >= 0.3 is 0 Å². The van der Waals surface area contributed by atoms with Crippen LogP contribution in [0.15, 0.2) is 47.4 Å². The zero-order valence-electron chi connectivity index (χ0n) is 17.1. The Morgan fingerprint density at radius 3 is 1.90 bits per heavy atom. The van der Waals surface area contributed by atoms with Crippen molar-refractivity contribution in [3.05, 3.63) is 81.4 Å². The molecule has 0 aromatic heterocycles. The third-order valence-electron chi connectivity index (χ3n) is 5.68. The number of carbonyl (C=O) groups is 2. The first-order valence-corrected chi connectivity index (χ1v) is 10.9. The van der Waals surface area contributed by atoms with Crippen LogP contribution in [0.5, 0.6) is 0 Å². The van der Waals surface area contributed by atoms with E-state index in [4.69, 9.17) is 5.73 Å². The standard InChI is InChI=1S/C23H20N2O5S/c1-11-8-14(9-12(2)13(11)3)25-17-10-18(31(28,29)30)21(24)20-19(17)22(26)15-6-4-5-7-16(15)23(20)27/h4-10,25H,24H2,1-3H3,(H,28,29,30). The van der Waals surface area contributed by atoms with Crippen LogP contribution >= 0.6 is 0 Å². The highest BCUT2D eigenvalue weighted by atomic mass is 32.2. The first kappa shape index (κ1) is 20.8. The smallest absolute Gasteiger partial charge is 0.296 e. The van der Waals surface area contributed by atoms with Crippen LogP contribution in [0, 0.1) is 20.8 Å². The molecule has 0 saturated carbocycles. The molecule has 7 nitrogen and oxygen atoms in total. The Hall–Kier alpha value is -3.49. The maximum Gasteiger partial charge on any atom is 0.296 e. The molecule has 0 amide bonds. The van der Waals surface area contributed by atoms with Crippen molar-refractivity contribution in [1.29, 1.82) is 0 Å². The Morgan fingerprint density at radius 1 is 0.871 bits per heavy atom. The zero-order chi connectivity index (χ0) is 22.7. The number of fused-ring (bicyclic) bond motifs is 2. The molecule has 3 aromatic rings. The topological polar surface area (TPSA) is 127 Å². The van der Waals surface area contributed by atoms with E-state index >= 15 is 0 Å². The van der Waals surface area contributed by atoms with E-state index in [0.717, 1.165) is 22.8 Å². The molecule has 0 bridgehead atoms. The Bertz CT molecular complexity index is 1380. The first-order valence-electron chi connectivity index (χ1n) is 9.48. The maximum absolute atomic E-state index is 13.3. The molecule has 0 fully saturated rings. The minimum Gasteiger partial charge on any atom is -0.397 e. The average molecular weight is 436 g/mol. The van der Waals surface area contributed by atoms with Gasteiger partial charge in [-0.15, -0.1) is 0 Å². The van der Waals surface area contributed by atoms with Crippen molar-refractivity contribution >= 4 is 38.7 Å². The van der Waals surface area contributed by atoms with Crippen molar-refractivity contribution in [2.75, 3.05) is 11.1 Å². The Balaban J connectivity index is 2.02. The van der Waals surface area contributed by atoms with Crippen molar-refractivity contribution in [2.24, 2.45) is 0 Å². The number of nitrogens with two attached hydrogens (primary N) is 1. The fraction of sp³-hybridized carbons (Fsp3) is 0.130. The van der Waals surface area contributed by atoms with Gasteiger partial charge < -0.3 is 11.1 Å². The Labute approximate surface area is 179 Å². The molecular formula is C23H20N2O5S. The van der Waals surface area contributed by atoms with Crippen LogP contribution in [-0.2, 0) is 10.1 Å². The number of hydrogen-bond acceptors (Lipinski definition) is 6. The van der Waals surface area contributed by atoms with Crippen LogP contribution in [0.2, 0.25) is 0 Å². The quantitative estimate of drug-likeness (QED) is 0.328. The third-order valence-corrected chi connectivity index (χ3v) is 6.58. The van der Waals surface area contributed by atoms with Gasteiger partial charge in [0.05, 0.1) is 22.5 Å². The van der Waals surface area contributed by atoms with E-state index in [0.29, 0.717) is 5.69 Å². The number of benzene rings is 3. The summed E-state index contributed by atoms with van der Waals surface area (Å²) in [5.74, 6) is -1.03. The molecule has 158 valence electrons. The predicted octanol–water partition coefficient (Wildman–Crippen LogP) is 3.96. The highest BCUT2D eigenvalue weighted by Gasteiger charge is 2.36. The maximum atomic E-state index is 13.3. The third kappa shape index (κ3) is 3.30. The second kappa shape index (κ2) is 7.04. The van der Waals surface area contributed by atoms with Gasteiger partial charge in [0.15, 0.2) is 11.6 Å². The van der Waals surface area contributed by atoms with E-state index in [1.54, 1.807) is 12.1 Å². The van der Waals surface area contributed by atoms with Gasteiger partial charge in [0, 0.05) is 16.8 Å². The predicted molar refractivity (Wildman–Crippen MR) is 118 cm³/mol. The van der Waals surface area contributed by atoms with E-state index in [1.807, 2.05) is 32.9 Å². The van der Waals surface area contributed by atoms with Gasteiger partial charge in [0.1, 0.15) is 4.90 Å². The van der Waals surface area contributed by atoms with E-state index < -0.39 is 32.3 Å². The number of hydrogen-bond donors (Lipinski definition) is 3. The number of rotatable bonds is 3. The second-order valence-electron chi connectivity index (χ2n) is 7.62. The van der Waals surface area contributed by atoms with Gasteiger partial charge in [-0.05, 0) is 55.7 Å². The molecule has 4 N–H and O–H groups in total. The van der Waals surface area contributed by atoms with E-state index in [2.05, 4.69) is 5.32 Å². The summed E-state index contributed by atoms with van der Waals surface area (Å²) in [5, 5.41) is 3.06. The van der Waals surface area contributed by atoms with Crippen molar-refractivity contribution in [2.45, 2.75) is 25.7 Å². The molecule has 0 radical (unpaired) electrons.